The molecule has 130 valence electrons. The van der Waals surface area contributed by atoms with Gasteiger partial charge in [0.05, 0.1) is 23.2 Å². The highest BCUT2D eigenvalue weighted by Gasteiger charge is 2.16. The predicted molar refractivity (Wildman–Crippen MR) is 95.3 cm³/mol. The van der Waals surface area contributed by atoms with Crippen molar-refractivity contribution >= 4 is 28.2 Å². The lowest BCUT2D eigenvalue weighted by atomic mass is 10.2. The monoisotopic (exact) mass is 363 g/mol. The van der Waals surface area contributed by atoms with Crippen LogP contribution in [0.25, 0.3) is 16.6 Å². The van der Waals surface area contributed by atoms with Gasteiger partial charge in [0.15, 0.2) is 0 Å². The van der Waals surface area contributed by atoms with Crippen molar-refractivity contribution in [2.24, 2.45) is 7.05 Å². The Morgan fingerprint density at radius 3 is 2.68 bits per heavy atom. The van der Waals surface area contributed by atoms with Crippen LogP contribution in [-0.2, 0) is 7.05 Å². The zero-order valence-corrected chi connectivity index (χ0v) is 14.0. The molecule has 2 N–H and O–H groups in total. The molecule has 0 bridgehead atoms. The molecule has 3 rings (SSSR count). The van der Waals surface area contributed by atoms with E-state index in [1.54, 1.807) is 18.2 Å². The summed E-state index contributed by atoms with van der Waals surface area (Å²) in [7, 11) is 1.50. The summed E-state index contributed by atoms with van der Waals surface area (Å²) in [6.45, 7) is 0.289. The first-order valence-electron chi connectivity index (χ1n) is 7.50. The van der Waals surface area contributed by atoms with Crippen molar-refractivity contribution in [2.75, 3.05) is 18.5 Å². The minimum absolute atomic E-state index is 0.0490. The Hall–Kier alpha value is -2.64. The van der Waals surface area contributed by atoms with E-state index in [1.165, 1.54) is 23.7 Å². The lowest BCUT2D eigenvalue weighted by molar-refractivity contribution is 0.311. The maximum Gasteiger partial charge on any atom is 0.335 e. The molecule has 0 radical (unpaired) electrons. The molecule has 0 aliphatic rings. The summed E-state index contributed by atoms with van der Waals surface area (Å²) in [6, 6.07) is 8.53. The van der Waals surface area contributed by atoms with Gasteiger partial charge in [0.1, 0.15) is 5.82 Å². The average Bonchev–Trinajstić information content (AvgIpc) is 2.61. The highest BCUT2D eigenvalue weighted by molar-refractivity contribution is 6.30. The normalized spacial score (nSPS) is 11.0. The van der Waals surface area contributed by atoms with Gasteiger partial charge in [-0.3, -0.25) is 9.36 Å². The molecule has 1 heterocycles. The van der Waals surface area contributed by atoms with Crippen molar-refractivity contribution in [1.29, 1.82) is 0 Å². The van der Waals surface area contributed by atoms with E-state index < -0.39 is 17.1 Å². The van der Waals surface area contributed by atoms with Gasteiger partial charge < -0.3 is 10.4 Å². The molecular formula is C17H15ClFN3O3. The Balaban J connectivity index is 2.31. The standard InChI is InChI=1S/C17H15ClFN3O3/c1-21-14-9-11(20-6-7-23)3-4-12(14)16(24)22(17(21)25)15-8-10(18)2-5-13(15)19/h2-5,8-9,20,23H,6-7H2,1H3. The number of nitrogens with one attached hydrogen (secondary N) is 1. The first kappa shape index (κ1) is 17.2. The topological polar surface area (TPSA) is 76.3 Å². The first-order chi connectivity index (χ1) is 11.9. The van der Waals surface area contributed by atoms with Crippen LogP contribution in [0.2, 0.25) is 5.02 Å². The molecule has 2 aromatic carbocycles. The Labute approximate surface area is 146 Å². The van der Waals surface area contributed by atoms with Gasteiger partial charge in [0, 0.05) is 24.3 Å². The molecule has 0 aliphatic carbocycles. The van der Waals surface area contributed by atoms with Crippen molar-refractivity contribution in [1.82, 2.24) is 9.13 Å². The Kier molecular flexibility index (Phi) is 4.61. The second-order valence-corrected chi connectivity index (χ2v) is 5.90. The fourth-order valence-electron chi connectivity index (χ4n) is 2.63. The zero-order chi connectivity index (χ0) is 18.1. The van der Waals surface area contributed by atoms with Crippen molar-refractivity contribution < 1.29 is 9.50 Å². The summed E-state index contributed by atoms with van der Waals surface area (Å²) >= 11 is 5.88. The summed E-state index contributed by atoms with van der Waals surface area (Å²) in [5.41, 5.74) is -0.451. The molecule has 0 saturated carbocycles. The van der Waals surface area contributed by atoms with Crippen molar-refractivity contribution in [3.63, 3.8) is 0 Å². The van der Waals surface area contributed by atoms with Crippen LogP contribution >= 0.6 is 11.6 Å². The predicted octanol–water partition coefficient (Wildman–Crippen LogP) is 1.89. The van der Waals surface area contributed by atoms with Crippen LogP contribution in [0, 0.1) is 5.82 Å². The van der Waals surface area contributed by atoms with Gasteiger partial charge in [-0.2, -0.15) is 0 Å². The second-order valence-electron chi connectivity index (χ2n) is 5.46. The number of aliphatic hydroxyl groups is 1. The quantitative estimate of drug-likeness (QED) is 0.742. The fraction of sp³-hybridized carbons (Fsp3) is 0.176. The van der Waals surface area contributed by atoms with Gasteiger partial charge in [-0.25, -0.2) is 13.8 Å². The average molecular weight is 364 g/mol. The Morgan fingerprint density at radius 1 is 1.20 bits per heavy atom. The number of benzene rings is 2. The lowest BCUT2D eigenvalue weighted by Gasteiger charge is -2.13. The molecule has 8 heteroatoms. The minimum Gasteiger partial charge on any atom is -0.395 e. The number of hydrogen-bond acceptors (Lipinski definition) is 4. The number of halogens is 2. The van der Waals surface area contributed by atoms with Crippen LogP contribution in [0.5, 0.6) is 0 Å². The van der Waals surface area contributed by atoms with E-state index in [2.05, 4.69) is 5.32 Å². The number of rotatable bonds is 4. The third-order valence-electron chi connectivity index (χ3n) is 3.86. The molecule has 0 fully saturated rings. The molecule has 0 unspecified atom stereocenters. The molecule has 1 aromatic heterocycles. The molecule has 0 amide bonds. The number of nitrogens with zero attached hydrogens (tertiary/aromatic N) is 2. The SMILES string of the molecule is Cn1c(=O)n(-c2cc(Cl)ccc2F)c(=O)c2ccc(NCCO)cc21. The molecule has 3 aromatic rings. The van der Waals surface area contributed by atoms with Gasteiger partial charge >= 0.3 is 5.69 Å². The molecule has 0 spiro atoms. The molecule has 6 nitrogen and oxygen atoms in total. The summed E-state index contributed by atoms with van der Waals surface area (Å²) in [5.74, 6) is -0.718. The van der Waals surface area contributed by atoms with Crippen molar-refractivity contribution in [3.05, 3.63) is 68.1 Å². The van der Waals surface area contributed by atoms with E-state index in [-0.39, 0.29) is 22.7 Å². The smallest absolute Gasteiger partial charge is 0.335 e. The van der Waals surface area contributed by atoms with Crippen LogP contribution < -0.4 is 16.6 Å². The van der Waals surface area contributed by atoms with E-state index in [4.69, 9.17) is 16.7 Å². The van der Waals surface area contributed by atoms with E-state index in [9.17, 15) is 14.0 Å². The zero-order valence-electron chi connectivity index (χ0n) is 13.3. The molecular weight excluding hydrogens is 349 g/mol. The highest BCUT2D eigenvalue weighted by Crippen LogP contribution is 2.19. The van der Waals surface area contributed by atoms with Gasteiger partial charge in [0.25, 0.3) is 5.56 Å². The number of hydrogen-bond donors (Lipinski definition) is 2. The highest BCUT2D eigenvalue weighted by atomic mass is 35.5. The fourth-order valence-corrected chi connectivity index (χ4v) is 2.80. The van der Waals surface area contributed by atoms with Crippen molar-refractivity contribution in [2.45, 2.75) is 0 Å². The lowest BCUT2D eigenvalue weighted by Crippen LogP contribution is -2.38. The second kappa shape index (κ2) is 6.70. The van der Waals surface area contributed by atoms with Crippen LogP contribution in [0.15, 0.2) is 46.0 Å². The minimum atomic E-state index is -0.718. The van der Waals surface area contributed by atoms with E-state index in [0.717, 1.165) is 10.6 Å². The van der Waals surface area contributed by atoms with E-state index >= 15 is 0 Å². The van der Waals surface area contributed by atoms with E-state index in [0.29, 0.717) is 17.7 Å². The van der Waals surface area contributed by atoms with Gasteiger partial charge in [0.2, 0.25) is 0 Å². The molecule has 0 aliphatic heterocycles. The molecule has 0 saturated heterocycles. The molecule has 0 atom stereocenters. The summed E-state index contributed by atoms with van der Waals surface area (Å²) in [4.78, 5) is 25.4. The van der Waals surface area contributed by atoms with Gasteiger partial charge in [-0.15, -0.1) is 0 Å². The van der Waals surface area contributed by atoms with Crippen LogP contribution in [-0.4, -0.2) is 27.4 Å². The number of anilines is 1. The number of fused-ring (bicyclic) bond motifs is 1. The Bertz CT molecular complexity index is 1080. The summed E-state index contributed by atoms with van der Waals surface area (Å²) < 4.78 is 16.2. The third kappa shape index (κ3) is 3.04. The van der Waals surface area contributed by atoms with Gasteiger partial charge in [-0.05, 0) is 36.4 Å². The number of aromatic nitrogens is 2. The number of aliphatic hydroxyl groups excluding tert-OH is 1. The Morgan fingerprint density at radius 2 is 1.96 bits per heavy atom. The van der Waals surface area contributed by atoms with Crippen molar-refractivity contribution in [3.8, 4) is 5.69 Å². The summed E-state index contributed by atoms with van der Waals surface area (Å²) in [6.07, 6.45) is 0. The first-order valence-corrected chi connectivity index (χ1v) is 7.88. The van der Waals surface area contributed by atoms with Gasteiger partial charge in [-0.1, -0.05) is 11.6 Å². The van der Waals surface area contributed by atoms with Crippen LogP contribution in [0.3, 0.4) is 0 Å². The molecule has 25 heavy (non-hydrogen) atoms. The summed E-state index contributed by atoms with van der Waals surface area (Å²) in [5, 5.41) is 12.3. The van der Waals surface area contributed by atoms with E-state index in [1.807, 2.05) is 0 Å². The maximum absolute atomic E-state index is 14.2. The number of aryl methyl sites for hydroxylation is 1. The van der Waals surface area contributed by atoms with Crippen LogP contribution in [0.1, 0.15) is 0 Å². The van der Waals surface area contributed by atoms with Crippen LogP contribution in [0.4, 0.5) is 10.1 Å². The maximum atomic E-state index is 14.2. The third-order valence-corrected chi connectivity index (χ3v) is 4.10. The largest absolute Gasteiger partial charge is 0.395 e.